The molecule has 16 heavy (non-hydrogen) atoms. The number of rotatable bonds is 9. The lowest BCUT2D eigenvalue weighted by Gasteiger charge is -2.12. The molecule has 84 valence electrons. The molecular weight excluding hydrogens is 207 g/mol. The number of allylic oxidation sites excluding steroid dienone is 6. The van der Waals surface area contributed by atoms with Crippen LogP contribution in [0.2, 0.25) is 15.8 Å². The first-order valence-corrected chi connectivity index (χ1v) is 7.89. The Morgan fingerprint density at radius 1 is 0.688 bits per heavy atom. The number of hydrogen-bond acceptors (Lipinski definition) is 0. The average molecular weight is 228 g/mol. The van der Waals surface area contributed by atoms with Gasteiger partial charge in [0, 0.05) is 0 Å². The second-order valence-corrected chi connectivity index (χ2v) is 7.02. The van der Waals surface area contributed by atoms with E-state index >= 15 is 0 Å². The second-order valence-electron chi connectivity index (χ2n) is 4.07. The lowest BCUT2D eigenvalue weighted by molar-refractivity contribution is 1.33. The fourth-order valence-corrected chi connectivity index (χ4v) is 4.74. The van der Waals surface area contributed by atoms with Crippen molar-refractivity contribution in [3.63, 3.8) is 0 Å². The highest BCUT2D eigenvalue weighted by Crippen LogP contribution is 2.20. The van der Waals surface area contributed by atoms with Crippen LogP contribution in [0.3, 0.4) is 0 Å². The predicted molar refractivity (Wildman–Crippen MR) is 78.2 cm³/mol. The molecule has 0 rings (SSSR count). The summed E-state index contributed by atoms with van der Waals surface area (Å²) in [4.78, 5) is 0. The van der Waals surface area contributed by atoms with Crippen molar-refractivity contribution in [3.05, 3.63) is 74.4 Å². The van der Waals surface area contributed by atoms with E-state index in [4.69, 9.17) is 0 Å². The van der Waals surface area contributed by atoms with Crippen molar-refractivity contribution in [2.24, 2.45) is 0 Å². The van der Waals surface area contributed by atoms with Gasteiger partial charge in [-0.15, -0.1) is 0 Å². The normalized spacial score (nSPS) is 9.00. The van der Waals surface area contributed by atoms with Gasteiger partial charge < -0.3 is 0 Å². The summed E-state index contributed by atoms with van der Waals surface area (Å²) in [6.07, 6.45) is 5.52. The Balaban J connectivity index is 4.48. The molecule has 0 saturated carbocycles. The molecule has 0 bridgehead atoms. The van der Waals surface area contributed by atoms with Crippen LogP contribution in [0.25, 0.3) is 0 Å². The van der Waals surface area contributed by atoms with Gasteiger partial charge in [-0.1, -0.05) is 90.3 Å². The fraction of sp³-hybridized carbons (Fsp3) is 0.200. The zero-order chi connectivity index (χ0) is 12.6. The van der Waals surface area contributed by atoms with E-state index in [0.717, 1.165) is 32.6 Å². The highest BCUT2D eigenvalue weighted by atomic mass is 27.2. The van der Waals surface area contributed by atoms with E-state index < -0.39 is 14.1 Å². The summed E-state index contributed by atoms with van der Waals surface area (Å²) in [5.74, 6) is 0. The summed E-state index contributed by atoms with van der Waals surface area (Å²) >= 11 is -0.973. The van der Waals surface area contributed by atoms with Gasteiger partial charge in [0.15, 0.2) is 0 Å². The van der Waals surface area contributed by atoms with Crippen LogP contribution in [0.5, 0.6) is 0 Å². The van der Waals surface area contributed by atoms with E-state index in [0.29, 0.717) is 0 Å². The number of hydrogen-bond donors (Lipinski definition) is 0. The molecule has 0 amide bonds. The van der Waals surface area contributed by atoms with Gasteiger partial charge in [0.2, 0.25) is 0 Å². The third kappa shape index (κ3) is 6.46. The van der Waals surface area contributed by atoms with Gasteiger partial charge in [-0.25, -0.2) is 0 Å². The molecule has 1 heteroatoms. The van der Waals surface area contributed by atoms with E-state index in [-0.39, 0.29) is 0 Å². The van der Waals surface area contributed by atoms with Crippen LogP contribution in [-0.2, 0) is 0 Å². The molecular formula is C15H21Al. The van der Waals surface area contributed by atoms with Gasteiger partial charge in [0.05, 0.1) is 0 Å². The minimum Gasteiger partial charge on any atom is -0.0989 e. The van der Waals surface area contributed by atoms with Gasteiger partial charge in [0.1, 0.15) is 0 Å². The third-order valence-corrected chi connectivity index (χ3v) is 5.82. The summed E-state index contributed by atoms with van der Waals surface area (Å²) < 4.78 is 0. The Morgan fingerprint density at radius 3 is 1.12 bits per heavy atom. The van der Waals surface area contributed by atoms with Crippen LogP contribution >= 0.6 is 0 Å². The van der Waals surface area contributed by atoms with Gasteiger partial charge in [-0.05, 0) is 0 Å². The second kappa shape index (κ2) is 8.16. The molecule has 0 nitrogen and oxygen atoms in total. The molecule has 0 fully saturated rings. The smallest absolute Gasteiger partial charge is 0.0989 e. The van der Waals surface area contributed by atoms with Crippen LogP contribution in [0.1, 0.15) is 0 Å². The molecule has 0 spiro atoms. The maximum absolute atomic E-state index is 3.98. The lowest BCUT2D eigenvalue weighted by Crippen LogP contribution is -2.13. The first-order valence-electron chi connectivity index (χ1n) is 5.44. The van der Waals surface area contributed by atoms with Crippen molar-refractivity contribution >= 4 is 14.1 Å². The predicted octanol–water partition coefficient (Wildman–Crippen LogP) is 4.71. The zero-order valence-corrected chi connectivity index (χ0v) is 11.3. The molecule has 0 saturated heterocycles. The average Bonchev–Trinajstić information content (AvgIpc) is 2.28. The van der Waals surface area contributed by atoms with Crippen LogP contribution in [0.4, 0.5) is 0 Å². The molecule has 0 unspecified atom stereocenters. The van der Waals surface area contributed by atoms with Crippen molar-refractivity contribution in [1.29, 1.82) is 0 Å². The summed E-state index contributed by atoms with van der Waals surface area (Å²) in [5.41, 5.74) is 3.35. The standard InChI is InChI=1S/3C5H7.Al/c3*1-4-5(2)3;/h3*4H,1-3H2;. The maximum atomic E-state index is 3.98. The highest BCUT2D eigenvalue weighted by Gasteiger charge is 2.18. The van der Waals surface area contributed by atoms with Crippen molar-refractivity contribution in [2.75, 3.05) is 0 Å². The first kappa shape index (κ1) is 15.0. The molecule has 0 aromatic rings. The van der Waals surface area contributed by atoms with Crippen LogP contribution in [0.15, 0.2) is 74.4 Å². The summed E-state index contributed by atoms with van der Waals surface area (Å²) in [7, 11) is 0. The highest BCUT2D eigenvalue weighted by molar-refractivity contribution is 6.61. The van der Waals surface area contributed by atoms with E-state index in [1.807, 2.05) is 18.2 Å². The van der Waals surface area contributed by atoms with Crippen molar-refractivity contribution in [2.45, 2.75) is 15.8 Å². The Bertz CT molecular complexity index is 268. The maximum Gasteiger partial charge on any atom is 0.277 e. The minimum absolute atomic E-state index is 0.973. The van der Waals surface area contributed by atoms with Crippen molar-refractivity contribution in [1.82, 2.24) is 0 Å². The van der Waals surface area contributed by atoms with E-state index in [2.05, 4.69) is 39.5 Å². The van der Waals surface area contributed by atoms with Gasteiger partial charge in [-0.3, -0.25) is 0 Å². The minimum atomic E-state index is -0.973. The lowest BCUT2D eigenvalue weighted by atomic mass is 10.3. The topological polar surface area (TPSA) is 0 Å². The third-order valence-electron chi connectivity index (χ3n) is 2.52. The van der Waals surface area contributed by atoms with Crippen molar-refractivity contribution in [3.8, 4) is 0 Å². The molecule has 0 N–H and O–H groups in total. The summed E-state index contributed by atoms with van der Waals surface area (Å²) in [6.45, 7) is 23.2. The largest absolute Gasteiger partial charge is 0.277 e. The quantitative estimate of drug-likeness (QED) is 0.396. The van der Waals surface area contributed by atoms with Crippen LogP contribution in [0, 0.1) is 0 Å². The Labute approximate surface area is 104 Å². The Hall–Kier alpha value is -1.03. The van der Waals surface area contributed by atoms with E-state index in [1.54, 1.807) is 0 Å². The van der Waals surface area contributed by atoms with E-state index in [9.17, 15) is 0 Å². The molecule has 0 aromatic carbocycles. The van der Waals surface area contributed by atoms with Gasteiger partial charge in [-0.2, -0.15) is 0 Å². The van der Waals surface area contributed by atoms with Gasteiger partial charge >= 0.3 is 0 Å². The fourth-order valence-electron chi connectivity index (χ4n) is 1.58. The monoisotopic (exact) mass is 228 g/mol. The summed E-state index contributed by atoms with van der Waals surface area (Å²) in [5, 5.41) is 3.18. The van der Waals surface area contributed by atoms with Crippen LogP contribution in [-0.4, -0.2) is 14.1 Å². The summed E-state index contributed by atoms with van der Waals surface area (Å²) in [6, 6.07) is 0. The molecule has 0 aliphatic rings. The van der Waals surface area contributed by atoms with Gasteiger partial charge in [0.25, 0.3) is 14.1 Å². The molecule has 0 atom stereocenters. The molecule has 0 aliphatic carbocycles. The molecule has 0 aromatic heterocycles. The molecule has 0 aliphatic heterocycles. The van der Waals surface area contributed by atoms with E-state index in [1.165, 1.54) is 0 Å². The van der Waals surface area contributed by atoms with Crippen molar-refractivity contribution < 1.29 is 0 Å². The Kier molecular flexibility index (Phi) is 7.64. The molecule has 0 radical (unpaired) electrons. The molecule has 0 heterocycles. The zero-order valence-electron chi connectivity index (χ0n) is 10.2. The first-order chi connectivity index (χ1) is 7.53. The Morgan fingerprint density at radius 2 is 0.938 bits per heavy atom. The SMILES string of the molecule is C=CC(=C)[CH2][Al]([CH2]C(=C)C=C)[CH2]C(=C)C=C. The van der Waals surface area contributed by atoms with Crippen LogP contribution < -0.4 is 0 Å².